The molecule has 1 fully saturated rings. The van der Waals surface area contributed by atoms with Gasteiger partial charge in [0.15, 0.2) is 0 Å². The van der Waals surface area contributed by atoms with E-state index in [1.807, 2.05) is 40.1 Å². The highest BCUT2D eigenvalue weighted by molar-refractivity contribution is 5.80. The number of rotatable bonds is 8. The lowest BCUT2D eigenvalue weighted by molar-refractivity contribution is -0.138. The second-order valence-electron chi connectivity index (χ2n) is 7.49. The fraction of sp³-hybridized carbons (Fsp3) is 0.524. The Morgan fingerprint density at radius 3 is 2.69 bits per heavy atom. The molecule has 5 heteroatoms. The number of likely N-dealkylation sites (tertiary alicyclic amines) is 1. The summed E-state index contributed by atoms with van der Waals surface area (Å²) >= 11 is 0. The smallest absolute Gasteiger partial charge is 0.231 e. The minimum Gasteiger partial charge on any atom is -0.369 e. The predicted molar refractivity (Wildman–Crippen MR) is 105 cm³/mol. The van der Waals surface area contributed by atoms with Crippen molar-refractivity contribution in [1.29, 1.82) is 0 Å². The van der Waals surface area contributed by atoms with Gasteiger partial charge in [-0.05, 0) is 30.9 Å². The number of piperidine rings is 1. The van der Waals surface area contributed by atoms with E-state index in [4.69, 9.17) is 5.73 Å². The second-order valence-corrected chi connectivity index (χ2v) is 7.49. The fourth-order valence-electron chi connectivity index (χ4n) is 3.45. The van der Waals surface area contributed by atoms with E-state index in [1.54, 1.807) is 0 Å². The molecule has 0 radical (unpaired) electrons. The van der Waals surface area contributed by atoms with Gasteiger partial charge in [0.25, 0.3) is 0 Å². The first kappa shape index (κ1) is 20.2. The highest BCUT2D eigenvalue weighted by Crippen LogP contribution is 2.19. The van der Waals surface area contributed by atoms with E-state index in [-0.39, 0.29) is 24.3 Å². The predicted octanol–water partition coefficient (Wildman–Crippen LogP) is 2.38. The molecule has 0 bridgehead atoms. The molecule has 1 aliphatic heterocycles. The van der Waals surface area contributed by atoms with Gasteiger partial charge in [-0.3, -0.25) is 14.5 Å². The number of benzene rings is 1. The van der Waals surface area contributed by atoms with Crippen LogP contribution in [0.2, 0.25) is 0 Å². The van der Waals surface area contributed by atoms with Crippen LogP contribution in [-0.2, 0) is 9.59 Å². The summed E-state index contributed by atoms with van der Waals surface area (Å²) in [4.78, 5) is 28.2. The summed E-state index contributed by atoms with van der Waals surface area (Å²) in [5, 5.41) is 0. The first-order valence-corrected chi connectivity index (χ1v) is 9.46. The number of hydrogen-bond acceptors (Lipinski definition) is 3. The average Bonchev–Trinajstić information content (AvgIpc) is 2.60. The summed E-state index contributed by atoms with van der Waals surface area (Å²) in [6.07, 6.45) is 5.92. The molecule has 1 aromatic carbocycles. The molecule has 2 rings (SSSR count). The zero-order chi connectivity index (χ0) is 18.9. The monoisotopic (exact) mass is 357 g/mol. The molecule has 0 spiro atoms. The highest BCUT2D eigenvalue weighted by Gasteiger charge is 2.29. The largest absolute Gasteiger partial charge is 0.369 e. The van der Waals surface area contributed by atoms with Gasteiger partial charge in [0.05, 0.1) is 12.5 Å². The Labute approximate surface area is 156 Å². The van der Waals surface area contributed by atoms with E-state index in [1.165, 1.54) is 0 Å². The van der Waals surface area contributed by atoms with Gasteiger partial charge in [-0.25, -0.2) is 0 Å². The minimum atomic E-state index is -0.331. The van der Waals surface area contributed by atoms with Crippen LogP contribution in [0.3, 0.4) is 0 Å². The van der Waals surface area contributed by atoms with Crippen molar-refractivity contribution in [3.8, 4) is 0 Å². The molecule has 0 unspecified atom stereocenters. The zero-order valence-electron chi connectivity index (χ0n) is 15.9. The number of carbonyl (C=O) groups is 2. The van der Waals surface area contributed by atoms with Crippen LogP contribution >= 0.6 is 0 Å². The van der Waals surface area contributed by atoms with Crippen molar-refractivity contribution in [2.45, 2.75) is 26.7 Å². The number of hydrogen-bond donors (Lipinski definition) is 1. The Hall–Kier alpha value is -2.14. The van der Waals surface area contributed by atoms with Crippen LogP contribution in [0.1, 0.15) is 32.3 Å². The summed E-state index contributed by atoms with van der Waals surface area (Å²) in [5.74, 6) is 0.217. The Kier molecular flexibility index (Phi) is 7.85. The molecule has 1 aliphatic rings. The van der Waals surface area contributed by atoms with E-state index >= 15 is 0 Å². The first-order valence-electron chi connectivity index (χ1n) is 9.46. The molecule has 1 aromatic rings. The maximum atomic E-state index is 13.1. The van der Waals surface area contributed by atoms with Crippen molar-refractivity contribution >= 4 is 17.9 Å². The average molecular weight is 357 g/mol. The van der Waals surface area contributed by atoms with Crippen LogP contribution in [-0.4, -0.2) is 54.3 Å². The van der Waals surface area contributed by atoms with Gasteiger partial charge >= 0.3 is 0 Å². The van der Waals surface area contributed by atoms with Crippen molar-refractivity contribution in [3.63, 3.8) is 0 Å². The first-order chi connectivity index (χ1) is 12.5. The molecule has 26 heavy (non-hydrogen) atoms. The van der Waals surface area contributed by atoms with Crippen LogP contribution in [0.5, 0.6) is 0 Å². The highest BCUT2D eigenvalue weighted by atomic mass is 16.2. The van der Waals surface area contributed by atoms with Crippen LogP contribution in [0, 0.1) is 11.8 Å². The van der Waals surface area contributed by atoms with Crippen LogP contribution in [0.25, 0.3) is 6.08 Å². The van der Waals surface area contributed by atoms with Gasteiger partial charge in [-0.2, -0.15) is 0 Å². The number of nitrogens with zero attached hydrogens (tertiary/aromatic N) is 2. The quantitative estimate of drug-likeness (QED) is 0.777. The molecular weight excluding hydrogens is 326 g/mol. The lowest BCUT2D eigenvalue weighted by Gasteiger charge is -2.34. The summed E-state index contributed by atoms with van der Waals surface area (Å²) in [7, 11) is 0. The molecule has 1 atom stereocenters. The normalized spacial score (nSPS) is 18.3. The third-order valence-corrected chi connectivity index (χ3v) is 4.57. The number of nitrogens with two attached hydrogens (primary N) is 1. The Morgan fingerprint density at radius 2 is 2.04 bits per heavy atom. The number of carbonyl (C=O) groups excluding carboxylic acids is 2. The molecule has 1 heterocycles. The SMILES string of the molecule is CC(C)CN(C/C=C/c1ccccc1)C(=O)[C@H]1CCCN(CC(N)=O)C1. The van der Waals surface area contributed by atoms with E-state index in [0.717, 1.165) is 31.5 Å². The van der Waals surface area contributed by atoms with Gasteiger partial charge in [-0.1, -0.05) is 56.3 Å². The Balaban J connectivity index is 1.99. The van der Waals surface area contributed by atoms with Crippen molar-refractivity contribution in [2.75, 3.05) is 32.7 Å². The maximum absolute atomic E-state index is 13.1. The van der Waals surface area contributed by atoms with Crippen molar-refractivity contribution in [2.24, 2.45) is 17.6 Å². The van der Waals surface area contributed by atoms with E-state index < -0.39 is 0 Å². The minimum absolute atomic E-state index is 0.0491. The van der Waals surface area contributed by atoms with Gasteiger partial charge < -0.3 is 10.6 Å². The summed E-state index contributed by atoms with van der Waals surface area (Å²) < 4.78 is 0. The van der Waals surface area contributed by atoms with Gasteiger partial charge in [0.2, 0.25) is 11.8 Å². The third-order valence-electron chi connectivity index (χ3n) is 4.57. The van der Waals surface area contributed by atoms with E-state index in [0.29, 0.717) is 19.0 Å². The molecule has 142 valence electrons. The third kappa shape index (κ3) is 6.64. The van der Waals surface area contributed by atoms with Gasteiger partial charge in [0.1, 0.15) is 0 Å². The van der Waals surface area contributed by atoms with Gasteiger partial charge in [-0.15, -0.1) is 0 Å². The fourth-order valence-corrected chi connectivity index (χ4v) is 3.45. The molecule has 0 saturated carbocycles. The van der Waals surface area contributed by atoms with Crippen molar-refractivity contribution in [3.05, 3.63) is 42.0 Å². The van der Waals surface area contributed by atoms with Crippen LogP contribution in [0.4, 0.5) is 0 Å². The lowest BCUT2D eigenvalue weighted by atomic mass is 9.96. The summed E-state index contributed by atoms with van der Waals surface area (Å²) in [6, 6.07) is 10.1. The molecule has 0 aliphatic carbocycles. The number of primary amides is 1. The lowest BCUT2D eigenvalue weighted by Crippen LogP contribution is -2.47. The summed E-state index contributed by atoms with van der Waals surface area (Å²) in [6.45, 7) is 7.30. The van der Waals surface area contributed by atoms with Crippen LogP contribution < -0.4 is 5.73 Å². The standard InChI is InChI=1S/C21H31N3O2/c1-17(2)14-24(13-6-10-18-8-4-3-5-9-18)21(26)19-11-7-12-23(15-19)16-20(22)25/h3-6,8-10,17,19H,7,11-16H2,1-2H3,(H2,22,25)/b10-6+/t19-/m0/s1. The molecule has 1 saturated heterocycles. The second kappa shape index (κ2) is 10.1. The van der Waals surface area contributed by atoms with E-state index in [2.05, 4.69) is 26.0 Å². The molecule has 2 N–H and O–H groups in total. The molecular formula is C21H31N3O2. The molecule has 5 nitrogen and oxygen atoms in total. The topological polar surface area (TPSA) is 66.6 Å². The van der Waals surface area contributed by atoms with E-state index in [9.17, 15) is 9.59 Å². The molecule has 0 aromatic heterocycles. The van der Waals surface area contributed by atoms with Crippen molar-refractivity contribution < 1.29 is 9.59 Å². The Bertz CT molecular complexity index is 613. The summed E-state index contributed by atoms with van der Waals surface area (Å²) in [5.41, 5.74) is 6.44. The Morgan fingerprint density at radius 1 is 1.31 bits per heavy atom. The maximum Gasteiger partial charge on any atom is 0.231 e. The number of amides is 2. The van der Waals surface area contributed by atoms with Gasteiger partial charge in [0, 0.05) is 19.6 Å². The van der Waals surface area contributed by atoms with Crippen molar-refractivity contribution in [1.82, 2.24) is 9.80 Å². The van der Waals surface area contributed by atoms with Crippen LogP contribution in [0.15, 0.2) is 36.4 Å². The molecule has 2 amide bonds. The zero-order valence-corrected chi connectivity index (χ0v) is 15.9.